The third-order valence-electron chi connectivity index (χ3n) is 4.55. The van der Waals surface area contributed by atoms with Gasteiger partial charge >= 0.3 is 12.1 Å². The predicted molar refractivity (Wildman–Crippen MR) is 100 cm³/mol. The number of benzene rings is 1. The molecule has 0 bridgehead atoms. The first-order valence-electron chi connectivity index (χ1n) is 8.77. The van der Waals surface area contributed by atoms with Crippen molar-refractivity contribution in [2.75, 3.05) is 0 Å². The second kappa shape index (κ2) is 8.28. The van der Waals surface area contributed by atoms with Crippen molar-refractivity contribution in [2.45, 2.75) is 25.1 Å². The van der Waals surface area contributed by atoms with Crippen LogP contribution in [-0.4, -0.2) is 33.6 Å². The van der Waals surface area contributed by atoms with Gasteiger partial charge < -0.3 is 5.32 Å². The SMILES string of the molecule is CC(NC(=O)c1cn(-c2c(F)cc(F)cc2F)c2nc(Cl)ccc2c1=O)C(F)(F)C(F)(F)F. The zero-order valence-corrected chi connectivity index (χ0v) is 16.8. The van der Waals surface area contributed by atoms with E-state index in [-0.39, 0.29) is 17.3 Å². The first kappa shape index (κ1) is 24.4. The van der Waals surface area contributed by atoms with Gasteiger partial charge in [0.15, 0.2) is 11.6 Å². The van der Waals surface area contributed by atoms with E-state index in [4.69, 9.17) is 11.6 Å². The average Bonchev–Trinajstić information content (AvgIpc) is 2.67. The molecule has 1 amide bonds. The Morgan fingerprint density at radius 1 is 1.09 bits per heavy atom. The lowest BCUT2D eigenvalue weighted by atomic mass is 10.1. The highest BCUT2D eigenvalue weighted by Gasteiger charge is 2.61. The number of fused-ring (bicyclic) bond motifs is 1. The smallest absolute Gasteiger partial charge is 0.343 e. The minimum absolute atomic E-state index is 0.255. The van der Waals surface area contributed by atoms with Crippen molar-refractivity contribution < 1.29 is 39.9 Å². The number of rotatable bonds is 4. The molecule has 2 heterocycles. The van der Waals surface area contributed by atoms with Crippen LogP contribution in [0.15, 0.2) is 35.3 Å². The summed E-state index contributed by atoms with van der Waals surface area (Å²) in [5, 5.41) is 0.624. The summed E-state index contributed by atoms with van der Waals surface area (Å²) in [4.78, 5) is 28.9. The zero-order chi connectivity index (χ0) is 24.9. The number of amides is 1. The molecule has 5 nitrogen and oxygen atoms in total. The molecular weight excluding hydrogens is 490 g/mol. The third-order valence-corrected chi connectivity index (χ3v) is 4.76. The standard InChI is InChI=1S/C19H10ClF8N3O2/c1-7(18(24,25)19(26,27)28)29-17(33)10-6-31(14-11(22)4-8(21)5-12(14)23)16-9(15(10)32)2-3-13(20)30-16/h2-7H,1H3,(H,29,33). The summed E-state index contributed by atoms with van der Waals surface area (Å²) < 4.78 is 107. The molecule has 0 spiro atoms. The van der Waals surface area contributed by atoms with Gasteiger partial charge in [-0.2, -0.15) is 22.0 Å². The Balaban J connectivity index is 2.23. The number of pyridine rings is 2. The Morgan fingerprint density at radius 2 is 1.67 bits per heavy atom. The molecule has 176 valence electrons. The van der Waals surface area contributed by atoms with E-state index in [1.807, 2.05) is 0 Å². The minimum Gasteiger partial charge on any atom is -0.343 e. The van der Waals surface area contributed by atoms with Crippen LogP contribution in [0.5, 0.6) is 0 Å². The van der Waals surface area contributed by atoms with E-state index >= 15 is 0 Å². The molecule has 2 aromatic heterocycles. The van der Waals surface area contributed by atoms with Crippen LogP contribution in [0.4, 0.5) is 35.1 Å². The Bertz CT molecular complexity index is 1300. The molecule has 1 atom stereocenters. The lowest BCUT2D eigenvalue weighted by Gasteiger charge is -2.26. The van der Waals surface area contributed by atoms with Crippen molar-refractivity contribution in [3.05, 3.63) is 68.9 Å². The van der Waals surface area contributed by atoms with E-state index in [1.165, 1.54) is 5.32 Å². The van der Waals surface area contributed by atoms with Crippen molar-refractivity contribution >= 4 is 28.5 Å². The molecule has 33 heavy (non-hydrogen) atoms. The van der Waals surface area contributed by atoms with E-state index in [1.54, 1.807) is 0 Å². The fourth-order valence-electron chi connectivity index (χ4n) is 2.89. The summed E-state index contributed by atoms with van der Waals surface area (Å²) in [6.07, 6.45) is -5.54. The summed E-state index contributed by atoms with van der Waals surface area (Å²) in [6, 6.07) is -0.198. The van der Waals surface area contributed by atoms with Crippen molar-refractivity contribution in [3.63, 3.8) is 0 Å². The van der Waals surface area contributed by atoms with E-state index in [2.05, 4.69) is 4.98 Å². The monoisotopic (exact) mass is 499 g/mol. The molecule has 3 rings (SSSR count). The number of nitrogens with one attached hydrogen (secondary N) is 1. The molecule has 0 aliphatic rings. The Kier molecular flexibility index (Phi) is 6.13. The molecule has 0 radical (unpaired) electrons. The maximum absolute atomic E-state index is 14.4. The largest absolute Gasteiger partial charge is 0.455 e. The Hall–Kier alpha value is -3.22. The number of carbonyl (C=O) groups is 1. The van der Waals surface area contributed by atoms with E-state index in [0.717, 1.165) is 12.1 Å². The Morgan fingerprint density at radius 3 is 2.21 bits per heavy atom. The van der Waals surface area contributed by atoms with Crippen LogP contribution in [0.3, 0.4) is 0 Å². The summed E-state index contributed by atoms with van der Waals surface area (Å²) in [7, 11) is 0. The van der Waals surface area contributed by atoms with Crippen LogP contribution >= 0.6 is 11.6 Å². The van der Waals surface area contributed by atoms with Gasteiger partial charge in [0.25, 0.3) is 5.91 Å². The van der Waals surface area contributed by atoms with Crippen LogP contribution < -0.4 is 10.7 Å². The van der Waals surface area contributed by atoms with E-state index < -0.39 is 69.2 Å². The quantitative estimate of drug-likeness (QED) is 0.415. The molecule has 0 aliphatic heterocycles. The van der Waals surface area contributed by atoms with Gasteiger partial charge in [0, 0.05) is 18.3 Å². The predicted octanol–water partition coefficient (Wildman–Crippen LogP) is 4.77. The number of aromatic nitrogens is 2. The fourth-order valence-corrected chi connectivity index (χ4v) is 3.03. The molecule has 1 N–H and O–H groups in total. The molecule has 0 fully saturated rings. The van der Waals surface area contributed by atoms with Gasteiger partial charge in [0.1, 0.15) is 27.9 Å². The molecule has 0 aliphatic carbocycles. The van der Waals surface area contributed by atoms with Crippen LogP contribution in [-0.2, 0) is 0 Å². The fraction of sp³-hybridized carbons (Fsp3) is 0.211. The lowest BCUT2D eigenvalue weighted by molar-refractivity contribution is -0.290. The lowest BCUT2D eigenvalue weighted by Crippen LogP contribution is -2.54. The molecule has 14 heteroatoms. The minimum atomic E-state index is -6.01. The van der Waals surface area contributed by atoms with Gasteiger partial charge in [-0.05, 0) is 19.1 Å². The molecule has 0 saturated carbocycles. The van der Waals surface area contributed by atoms with Gasteiger partial charge in [-0.1, -0.05) is 11.6 Å². The number of nitrogens with zero attached hydrogens (tertiary/aromatic N) is 2. The highest BCUT2D eigenvalue weighted by Crippen LogP contribution is 2.38. The highest BCUT2D eigenvalue weighted by molar-refractivity contribution is 6.29. The van der Waals surface area contributed by atoms with Crippen LogP contribution in [0.1, 0.15) is 17.3 Å². The first-order chi connectivity index (χ1) is 15.1. The van der Waals surface area contributed by atoms with Crippen molar-refractivity contribution in [3.8, 4) is 5.69 Å². The third kappa shape index (κ3) is 4.36. The zero-order valence-electron chi connectivity index (χ0n) is 16.1. The van der Waals surface area contributed by atoms with Gasteiger partial charge in [-0.25, -0.2) is 18.2 Å². The van der Waals surface area contributed by atoms with Gasteiger partial charge in [-0.3, -0.25) is 14.2 Å². The van der Waals surface area contributed by atoms with Crippen LogP contribution in [0.25, 0.3) is 16.7 Å². The molecule has 1 aromatic carbocycles. The van der Waals surface area contributed by atoms with Gasteiger partial charge in [-0.15, -0.1) is 0 Å². The highest BCUT2D eigenvalue weighted by atomic mass is 35.5. The van der Waals surface area contributed by atoms with E-state index in [0.29, 0.717) is 17.7 Å². The molecule has 0 saturated heterocycles. The van der Waals surface area contributed by atoms with Crippen molar-refractivity contribution in [1.82, 2.24) is 14.9 Å². The molecule has 1 unspecified atom stereocenters. The number of hydrogen-bond donors (Lipinski definition) is 1. The average molecular weight is 500 g/mol. The van der Waals surface area contributed by atoms with Gasteiger partial charge in [0.05, 0.1) is 11.4 Å². The maximum Gasteiger partial charge on any atom is 0.455 e. The summed E-state index contributed by atoms with van der Waals surface area (Å²) in [5.41, 5.74) is -3.76. The van der Waals surface area contributed by atoms with Crippen molar-refractivity contribution in [2.24, 2.45) is 0 Å². The van der Waals surface area contributed by atoms with Crippen LogP contribution in [0.2, 0.25) is 5.15 Å². The topological polar surface area (TPSA) is 64.0 Å². The number of hydrogen-bond acceptors (Lipinski definition) is 3. The summed E-state index contributed by atoms with van der Waals surface area (Å²) in [6.45, 7) is 0.353. The Labute approximate surface area is 183 Å². The first-order valence-corrected chi connectivity index (χ1v) is 9.15. The second-order valence-corrected chi connectivity index (χ2v) is 7.17. The van der Waals surface area contributed by atoms with Crippen LogP contribution in [0, 0.1) is 17.5 Å². The normalized spacial score (nSPS) is 13.3. The number of carbonyl (C=O) groups excluding carboxylic acids is 1. The van der Waals surface area contributed by atoms with Gasteiger partial charge in [0.2, 0.25) is 5.43 Å². The molecular formula is C19H10ClF8N3O2. The number of halogens is 9. The summed E-state index contributed by atoms with van der Waals surface area (Å²) in [5.74, 6) is -11.3. The van der Waals surface area contributed by atoms with E-state index in [9.17, 15) is 44.7 Å². The molecule has 3 aromatic rings. The number of alkyl halides is 5. The van der Waals surface area contributed by atoms with Crippen molar-refractivity contribution in [1.29, 1.82) is 0 Å². The second-order valence-electron chi connectivity index (χ2n) is 6.78. The summed E-state index contributed by atoms with van der Waals surface area (Å²) >= 11 is 5.76. The maximum atomic E-state index is 14.4.